The molecule has 0 aliphatic heterocycles. The fraction of sp³-hybridized carbons (Fsp3) is 0.190. The predicted molar refractivity (Wildman–Crippen MR) is 215 cm³/mol. The smallest absolute Gasteiger partial charge is 0.166 e. The number of phenols is 4. The van der Waals surface area contributed by atoms with E-state index in [4.69, 9.17) is 38.3 Å². The molecule has 0 atom stereocenters. The summed E-state index contributed by atoms with van der Waals surface area (Å²) in [5.74, 6) is 0.773. The third kappa shape index (κ3) is 11.9. The summed E-state index contributed by atoms with van der Waals surface area (Å²) in [5, 5.41) is 57.2. The Labute approximate surface area is 334 Å². The van der Waals surface area contributed by atoms with Gasteiger partial charge in [0.2, 0.25) is 0 Å². The average Bonchev–Trinajstić information content (AvgIpc) is 3.24. The maximum atomic E-state index is 10.8. The van der Waals surface area contributed by atoms with Crippen molar-refractivity contribution in [2.24, 2.45) is 20.6 Å². The fourth-order valence-electron chi connectivity index (χ4n) is 5.02. The first-order chi connectivity index (χ1) is 28.4. The summed E-state index contributed by atoms with van der Waals surface area (Å²) in [5.41, 5.74) is 3.20. The Balaban J connectivity index is 1.05. The molecule has 0 fully saturated rings. The quantitative estimate of drug-likeness (QED) is 0.0338. The van der Waals surface area contributed by atoms with Gasteiger partial charge in [0.15, 0.2) is 72.4 Å². The standard InChI is InChI=1S/C42H42N4O12/c1-51-35-15-5-11-29(39(35)47)23-43-55-19-21-57-45-25-31-13-7-17-37(41(31)49)53-27-33-9-3-4-10-34(33)28-54-38-18-8-14-32(42(38)50)26-46-58-22-20-56-44-24-30-12-6-16-36(52-2)40(30)48/h3-18,23-26,47-50H,19-22,27-28H2,1-2H3/b43-23+,44-24+,45-25+,46-26+. The second-order valence-electron chi connectivity index (χ2n) is 11.8. The van der Waals surface area contributed by atoms with E-state index in [1.165, 1.54) is 39.1 Å². The average molecular weight is 795 g/mol. The van der Waals surface area contributed by atoms with E-state index in [0.717, 1.165) is 11.1 Å². The van der Waals surface area contributed by atoms with E-state index in [0.29, 0.717) is 33.8 Å². The van der Waals surface area contributed by atoms with Crippen LogP contribution in [0.2, 0.25) is 0 Å². The zero-order valence-corrected chi connectivity index (χ0v) is 31.6. The third-order valence-electron chi connectivity index (χ3n) is 8.04. The topological polar surface area (TPSA) is 204 Å². The van der Waals surface area contributed by atoms with E-state index in [1.807, 2.05) is 24.3 Å². The van der Waals surface area contributed by atoms with Crippen molar-refractivity contribution in [2.45, 2.75) is 13.2 Å². The highest BCUT2D eigenvalue weighted by atomic mass is 16.7. The summed E-state index contributed by atoms with van der Waals surface area (Å²) in [6.45, 7) is 0.548. The normalized spacial score (nSPS) is 11.3. The van der Waals surface area contributed by atoms with Crippen LogP contribution >= 0.6 is 0 Å². The Hall–Kier alpha value is -7.62. The Morgan fingerprint density at radius 3 is 1.00 bits per heavy atom. The summed E-state index contributed by atoms with van der Waals surface area (Å²) in [4.78, 5) is 20.7. The van der Waals surface area contributed by atoms with Crippen molar-refractivity contribution in [1.29, 1.82) is 0 Å². The van der Waals surface area contributed by atoms with Gasteiger partial charge in [-0.3, -0.25) is 0 Å². The molecule has 0 saturated carbocycles. The molecular weight excluding hydrogens is 752 g/mol. The molecule has 4 N–H and O–H groups in total. The van der Waals surface area contributed by atoms with Gasteiger partial charge in [0, 0.05) is 22.3 Å². The molecule has 302 valence electrons. The molecular formula is C42H42N4O12. The van der Waals surface area contributed by atoms with Gasteiger partial charge in [-0.05, 0) is 59.7 Å². The highest BCUT2D eigenvalue weighted by molar-refractivity contribution is 5.86. The summed E-state index contributed by atoms with van der Waals surface area (Å²) in [7, 11) is 2.91. The van der Waals surface area contributed by atoms with Crippen molar-refractivity contribution in [2.75, 3.05) is 40.6 Å². The molecule has 0 unspecified atom stereocenters. The molecule has 58 heavy (non-hydrogen) atoms. The molecule has 0 heterocycles. The maximum Gasteiger partial charge on any atom is 0.166 e. The van der Waals surface area contributed by atoms with Gasteiger partial charge in [-0.1, -0.05) is 69.2 Å². The van der Waals surface area contributed by atoms with E-state index >= 15 is 0 Å². The number of rotatable bonds is 22. The number of phenolic OH excluding ortho intramolecular Hbond substituents is 4. The molecule has 16 heteroatoms. The van der Waals surface area contributed by atoms with Gasteiger partial charge in [-0.15, -0.1) is 0 Å². The Bertz CT molecular complexity index is 2060. The molecule has 0 aromatic heterocycles. The van der Waals surface area contributed by atoms with Crippen LogP contribution in [0.3, 0.4) is 0 Å². The Kier molecular flexibility index (Phi) is 15.8. The molecule has 16 nitrogen and oxygen atoms in total. The highest BCUT2D eigenvalue weighted by Crippen LogP contribution is 2.32. The van der Waals surface area contributed by atoms with Crippen molar-refractivity contribution >= 4 is 24.9 Å². The lowest BCUT2D eigenvalue weighted by Gasteiger charge is -2.14. The Morgan fingerprint density at radius 1 is 0.397 bits per heavy atom. The van der Waals surface area contributed by atoms with Crippen LogP contribution in [-0.4, -0.2) is 85.9 Å². The van der Waals surface area contributed by atoms with Crippen LogP contribution in [0, 0.1) is 0 Å². The number of para-hydroxylation sites is 4. The number of aromatic hydroxyl groups is 4. The van der Waals surface area contributed by atoms with E-state index < -0.39 is 0 Å². The first-order valence-corrected chi connectivity index (χ1v) is 17.7. The van der Waals surface area contributed by atoms with Crippen LogP contribution in [0.5, 0.6) is 46.0 Å². The lowest BCUT2D eigenvalue weighted by atomic mass is 10.1. The number of hydrogen-bond acceptors (Lipinski definition) is 16. The van der Waals surface area contributed by atoms with Gasteiger partial charge in [-0.25, -0.2) is 0 Å². The molecule has 5 rings (SSSR count). The van der Waals surface area contributed by atoms with E-state index in [1.54, 1.807) is 72.8 Å². The zero-order valence-electron chi connectivity index (χ0n) is 31.6. The molecule has 0 bridgehead atoms. The van der Waals surface area contributed by atoms with Crippen LogP contribution in [-0.2, 0) is 32.6 Å². The molecule has 5 aromatic carbocycles. The maximum absolute atomic E-state index is 10.8. The summed E-state index contributed by atoms with van der Waals surface area (Å²) in [6, 6.07) is 27.4. The fourth-order valence-corrected chi connectivity index (χ4v) is 5.02. The lowest BCUT2D eigenvalue weighted by Crippen LogP contribution is -2.04. The van der Waals surface area contributed by atoms with Crippen LogP contribution in [0.25, 0.3) is 0 Å². The van der Waals surface area contributed by atoms with Gasteiger partial charge in [0.25, 0.3) is 0 Å². The van der Waals surface area contributed by atoms with Crippen molar-refractivity contribution in [3.8, 4) is 46.0 Å². The number of methoxy groups -OCH3 is 2. The summed E-state index contributed by atoms with van der Waals surface area (Å²) < 4.78 is 22.1. The molecule has 0 aliphatic carbocycles. The van der Waals surface area contributed by atoms with E-state index in [2.05, 4.69) is 20.6 Å². The third-order valence-corrected chi connectivity index (χ3v) is 8.04. The zero-order chi connectivity index (χ0) is 41.0. The SMILES string of the molecule is COc1cccc(/C=N/OCCO/N=C/c2cccc(OCc3ccccc3COc3cccc(/C=N/OCCO/N=C/c4cccc(OC)c4O)c3O)c2O)c1O. The van der Waals surface area contributed by atoms with Crippen LogP contribution in [0.15, 0.2) is 118 Å². The van der Waals surface area contributed by atoms with E-state index in [9.17, 15) is 20.4 Å². The minimum Gasteiger partial charge on any atom is -0.504 e. The van der Waals surface area contributed by atoms with Crippen molar-refractivity contribution in [3.05, 3.63) is 130 Å². The molecule has 0 amide bonds. The van der Waals surface area contributed by atoms with Crippen LogP contribution in [0.4, 0.5) is 0 Å². The molecule has 0 saturated heterocycles. The monoisotopic (exact) mass is 794 g/mol. The number of benzene rings is 5. The molecule has 5 aromatic rings. The number of nitrogens with zero attached hydrogens (tertiary/aromatic N) is 4. The second-order valence-corrected chi connectivity index (χ2v) is 11.8. The van der Waals surface area contributed by atoms with Crippen molar-refractivity contribution < 1.29 is 58.7 Å². The van der Waals surface area contributed by atoms with Crippen LogP contribution in [0.1, 0.15) is 33.4 Å². The second kappa shape index (κ2) is 22.1. The van der Waals surface area contributed by atoms with Crippen molar-refractivity contribution in [1.82, 2.24) is 0 Å². The number of hydrogen-bond donors (Lipinski definition) is 4. The van der Waals surface area contributed by atoms with Crippen LogP contribution < -0.4 is 18.9 Å². The molecule has 0 aliphatic rings. The Morgan fingerprint density at radius 2 is 0.690 bits per heavy atom. The summed E-state index contributed by atoms with van der Waals surface area (Å²) >= 11 is 0. The van der Waals surface area contributed by atoms with Gasteiger partial charge in [-0.2, -0.15) is 0 Å². The largest absolute Gasteiger partial charge is 0.504 e. The van der Waals surface area contributed by atoms with Gasteiger partial charge in [0.05, 0.1) is 39.1 Å². The van der Waals surface area contributed by atoms with E-state index in [-0.39, 0.29) is 74.1 Å². The highest BCUT2D eigenvalue weighted by Gasteiger charge is 2.12. The number of ether oxygens (including phenoxy) is 4. The number of oxime groups is 4. The first-order valence-electron chi connectivity index (χ1n) is 17.7. The molecule has 0 radical (unpaired) electrons. The van der Waals surface area contributed by atoms with Gasteiger partial charge < -0.3 is 58.7 Å². The summed E-state index contributed by atoms with van der Waals surface area (Å²) in [6.07, 6.45) is 5.41. The van der Waals surface area contributed by atoms with Crippen molar-refractivity contribution in [3.63, 3.8) is 0 Å². The predicted octanol–water partition coefficient (Wildman–Crippen LogP) is 6.49. The minimum absolute atomic E-state index is 0.0466. The first kappa shape index (κ1) is 41.5. The minimum atomic E-state index is -0.124. The van der Waals surface area contributed by atoms with Gasteiger partial charge >= 0.3 is 0 Å². The molecule has 0 spiro atoms. The lowest BCUT2D eigenvalue weighted by molar-refractivity contribution is 0.0553. The van der Waals surface area contributed by atoms with Gasteiger partial charge in [0.1, 0.15) is 13.2 Å².